The van der Waals surface area contributed by atoms with E-state index < -0.39 is 32.5 Å². The number of likely N-dealkylation sites (N-methyl/N-ethyl adjacent to an activating group) is 1. The molecule has 0 aliphatic carbocycles. The molecule has 10 heteroatoms. The highest BCUT2D eigenvalue weighted by atomic mass is 31.2. The molecule has 0 rings (SSSR count). The molecular formula is C41H76NO8P. The van der Waals surface area contributed by atoms with Crippen LogP contribution in [0.25, 0.3) is 0 Å². The van der Waals surface area contributed by atoms with E-state index in [0.29, 0.717) is 17.4 Å². The van der Waals surface area contributed by atoms with E-state index in [1.54, 1.807) is 0 Å². The number of rotatable bonds is 36. The van der Waals surface area contributed by atoms with Crippen LogP contribution in [0.2, 0.25) is 0 Å². The van der Waals surface area contributed by atoms with Crippen molar-refractivity contribution < 1.29 is 42.1 Å². The second-order valence-corrected chi connectivity index (χ2v) is 16.1. The topological polar surface area (TPSA) is 111 Å². The van der Waals surface area contributed by atoms with Crippen LogP contribution in [0.3, 0.4) is 0 Å². The van der Waals surface area contributed by atoms with Crippen molar-refractivity contribution in [3.63, 3.8) is 0 Å². The normalized spacial score (nSPS) is 14.1. The second kappa shape index (κ2) is 34.0. The van der Waals surface area contributed by atoms with E-state index in [9.17, 15) is 19.0 Å². The fourth-order valence-corrected chi connectivity index (χ4v) is 5.86. The quantitative estimate of drug-likeness (QED) is 0.0205. The molecule has 2 unspecified atom stereocenters. The first-order valence-corrected chi connectivity index (χ1v) is 21.7. The average Bonchev–Trinajstić information content (AvgIpc) is 3.07. The van der Waals surface area contributed by atoms with Crippen molar-refractivity contribution in [2.45, 2.75) is 168 Å². The summed E-state index contributed by atoms with van der Waals surface area (Å²) in [4.78, 5) is 37.4. The van der Waals surface area contributed by atoms with Crippen molar-refractivity contribution >= 4 is 19.8 Å². The van der Waals surface area contributed by atoms with Crippen LogP contribution < -0.4 is 4.89 Å². The third-order valence-electron chi connectivity index (χ3n) is 8.38. The Labute approximate surface area is 312 Å². The molecule has 0 heterocycles. The first-order valence-electron chi connectivity index (χ1n) is 20.2. The Morgan fingerprint density at radius 1 is 0.608 bits per heavy atom. The molecule has 0 bridgehead atoms. The molecule has 0 aromatic heterocycles. The largest absolute Gasteiger partial charge is 0.756 e. The summed E-state index contributed by atoms with van der Waals surface area (Å²) in [5.74, 6) is -0.863. The molecule has 51 heavy (non-hydrogen) atoms. The average molecular weight is 742 g/mol. The number of carbonyl (C=O) groups is 2. The first kappa shape index (κ1) is 49.2. The maximum absolute atomic E-state index is 12.6. The lowest BCUT2D eigenvalue weighted by molar-refractivity contribution is -0.870. The highest BCUT2D eigenvalue weighted by Gasteiger charge is 2.21. The number of unbranched alkanes of at least 4 members (excludes halogenated alkanes) is 16. The van der Waals surface area contributed by atoms with Crippen molar-refractivity contribution in [1.29, 1.82) is 0 Å². The van der Waals surface area contributed by atoms with Crippen molar-refractivity contribution in [3.05, 3.63) is 36.5 Å². The van der Waals surface area contributed by atoms with Gasteiger partial charge in [0, 0.05) is 12.8 Å². The minimum absolute atomic E-state index is 0.0354. The lowest BCUT2D eigenvalue weighted by Crippen LogP contribution is -2.37. The summed E-state index contributed by atoms with van der Waals surface area (Å²) in [6.45, 7) is 4.13. The summed E-state index contributed by atoms with van der Waals surface area (Å²) < 4.78 is 33.8. The fourth-order valence-electron chi connectivity index (χ4n) is 5.13. The third-order valence-corrected chi connectivity index (χ3v) is 9.35. The molecule has 0 aromatic rings. The van der Waals surface area contributed by atoms with Gasteiger partial charge in [0.05, 0.1) is 27.7 Å². The molecule has 0 fully saturated rings. The first-order chi connectivity index (χ1) is 24.5. The molecule has 2 atom stereocenters. The minimum atomic E-state index is -4.62. The Bertz CT molecular complexity index is 975. The number of allylic oxidation sites excluding steroid dienone is 6. The van der Waals surface area contributed by atoms with E-state index in [1.807, 2.05) is 21.1 Å². The zero-order chi connectivity index (χ0) is 37.9. The van der Waals surface area contributed by atoms with Gasteiger partial charge >= 0.3 is 11.9 Å². The van der Waals surface area contributed by atoms with Gasteiger partial charge in [-0.25, -0.2) is 0 Å². The van der Waals surface area contributed by atoms with Crippen LogP contribution in [0.1, 0.15) is 162 Å². The van der Waals surface area contributed by atoms with Gasteiger partial charge in [0.1, 0.15) is 19.8 Å². The van der Waals surface area contributed by atoms with Crippen LogP contribution in [0.15, 0.2) is 36.5 Å². The van der Waals surface area contributed by atoms with Crippen LogP contribution in [0, 0.1) is 0 Å². The number of phosphoric ester groups is 1. The summed E-state index contributed by atoms with van der Waals surface area (Å²) in [5, 5.41) is 0. The molecule has 298 valence electrons. The predicted octanol–water partition coefficient (Wildman–Crippen LogP) is 10.3. The molecule has 0 saturated carbocycles. The predicted molar refractivity (Wildman–Crippen MR) is 208 cm³/mol. The SMILES string of the molecule is CCCC/C=C\C/C=C\CCCCCCCC(=O)OC(COC(=O)CCCCCCC/C=C\CCCCCC)COP(=O)([O-])OCC[N+](C)(C)C. The second-order valence-electron chi connectivity index (χ2n) is 14.6. The summed E-state index contributed by atoms with van der Waals surface area (Å²) >= 11 is 0. The number of quaternary nitrogens is 1. The van der Waals surface area contributed by atoms with Crippen molar-refractivity contribution in [1.82, 2.24) is 0 Å². The van der Waals surface area contributed by atoms with Gasteiger partial charge in [0.2, 0.25) is 0 Å². The number of phosphoric acid groups is 1. The number of carbonyl (C=O) groups excluding carboxylic acids is 2. The summed E-state index contributed by atoms with van der Waals surface area (Å²) in [6, 6.07) is 0. The molecule has 0 N–H and O–H groups in total. The Hall–Kier alpha value is -1.77. The molecule has 0 aliphatic heterocycles. The lowest BCUT2D eigenvalue weighted by atomic mass is 10.1. The van der Waals surface area contributed by atoms with Gasteiger partial charge in [-0.2, -0.15) is 0 Å². The smallest absolute Gasteiger partial charge is 0.306 e. The van der Waals surface area contributed by atoms with Crippen LogP contribution in [0.5, 0.6) is 0 Å². The third kappa shape index (κ3) is 37.8. The van der Waals surface area contributed by atoms with Gasteiger partial charge in [-0.15, -0.1) is 0 Å². The zero-order valence-corrected chi connectivity index (χ0v) is 34.2. The Balaban J connectivity index is 4.46. The number of hydrogen-bond acceptors (Lipinski definition) is 8. The van der Waals surface area contributed by atoms with Crippen LogP contribution in [0.4, 0.5) is 0 Å². The summed E-state index contributed by atoms with van der Waals surface area (Å²) in [7, 11) is 1.15. The number of hydrogen-bond donors (Lipinski definition) is 0. The standard InChI is InChI=1S/C41H76NO8P/c1-6-8-10-12-14-16-18-20-22-24-26-28-30-32-34-41(44)50-39(38-49-51(45,46)48-36-35-42(3,4)5)37-47-40(43)33-31-29-27-25-23-21-19-17-15-13-11-9-7-2/h12,14,17-20,39H,6-11,13,15-16,21-38H2,1-5H3/b14-12-,19-17-,20-18-. The van der Waals surface area contributed by atoms with E-state index in [2.05, 4.69) is 50.3 Å². The summed E-state index contributed by atoms with van der Waals surface area (Å²) in [6.07, 6.45) is 35.9. The minimum Gasteiger partial charge on any atom is -0.756 e. The van der Waals surface area contributed by atoms with E-state index in [1.165, 1.54) is 44.9 Å². The maximum atomic E-state index is 12.6. The zero-order valence-electron chi connectivity index (χ0n) is 33.3. The van der Waals surface area contributed by atoms with Crippen LogP contribution >= 0.6 is 7.82 Å². The molecule has 0 aromatic carbocycles. The molecule has 0 radical (unpaired) electrons. The lowest BCUT2D eigenvalue weighted by Gasteiger charge is -2.28. The monoisotopic (exact) mass is 742 g/mol. The molecule has 0 spiro atoms. The molecule has 0 aliphatic rings. The van der Waals surface area contributed by atoms with Gasteiger partial charge in [0.25, 0.3) is 7.82 Å². The highest BCUT2D eigenvalue weighted by Crippen LogP contribution is 2.38. The van der Waals surface area contributed by atoms with Crippen molar-refractivity contribution in [2.75, 3.05) is 47.5 Å². The van der Waals surface area contributed by atoms with Gasteiger partial charge < -0.3 is 27.9 Å². The van der Waals surface area contributed by atoms with Gasteiger partial charge in [-0.1, -0.05) is 121 Å². The van der Waals surface area contributed by atoms with Gasteiger partial charge in [-0.3, -0.25) is 14.2 Å². The maximum Gasteiger partial charge on any atom is 0.306 e. The Morgan fingerprint density at radius 2 is 1.08 bits per heavy atom. The van der Waals surface area contributed by atoms with E-state index in [0.717, 1.165) is 83.5 Å². The molecule has 0 saturated heterocycles. The van der Waals surface area contributed by atoms with Gasteiger partial charge in [0.15, 0.2) is 6.10 Å². The number of nitrogens with zero attached hydrogens (tertiary/aromatic N) is 1. The fraction of sp³-hybridized carbons (Fsp3) is 0.805. The molecule has 9 nitrogen and oxygen atoms in total. The molecule has 0 amide bonds. The van der Waals surface area contributed by atoms with E-state index in [-0.39, 0.29) is 26.1 Å². The van der Waals surface area contributed by atoms with Crippen molar-refractivity contribution in [2.24, 2.45) is 0 Å². The highest BCUT2D eigenvalue weighted by molar-refractivity contribution is 7.45. The van der Waals surface area contributed by atoms with E-state index in [4.69, 9.17) is 18.5 Å². The van der Waals surface area contributed by atoms with E-state index >= 15 is 0 Å². The Morgan fingerprint density at radius 3 is 1.63 bits per heavy atom. The Kier molecular flexibility index (Phi) is 32.8. The number of ether oxygens (including phenoxy) is 2. The molecular weight excluding hydrogens is 665 g/mol. The summed E-state index contributed by atoms with van der Waals surface area (Å²) in [5.41, 5.74) is 0. The van der Waals surface area contributed by atoms with Crippen molar-refractivity contribution in [3.8, 4) is 0 Å². The van der Waals surface area contributed by atoms with Crippen LogP contribution in [-0.2, 0) is 32.7 Å². The number of esters is 2. The van der Waals surface area contributed by atoms with Crippen LogP contribution in [-0.4, -0.2) is 70.0 Å². The van der Waals surface area contributed by atoms with Gasteiger partial charge in [-0.05, 0) is 64.2 Å².